The van der Waals surface area contributed by atoms with Gasteiger partial charge in [0.2, 0.25) is 5.91 Å². The zero-order valence-corrected chi connectivity index (χ0v) is 9.38. The minimum Gasteiger partial charge on any atom is -0.481 e. The Kier molecular flexibility index (Phi) is 7.62. The van der Waals surface area contributed by atoms with E-state index in [-0.39, 0.29) is 11.8 Å². The summed E-state index contributed by atoms with van der Waals surface area (Å²) in [6.07, 6.45) is 2.29. The molecule has 1 amide bonds. The summed E-state index contributed by atoms with van der Waals surface area (Å²) < 4.78 is 0. The van der Waals surface area contributed by atoms with E-state index in [1.165, 1.54) is 6.92 Å². The molecule has 0 saturated heterocycles. The molecule has 0 aromatic rings. The lowest BCUT2D eigenvalue weighted by atomic mass is 10.0. The summed E-state index contributed by atoms with van der Waals surface area (Å²) in [5.41, 5.74) is 0. The van der Waals surface area contributed by atoms with Crippen LogP contribution in [0.4, 0.5) is 0 Å². The van der Waals surface area contributed by atoms with Gasteiger partial charge in [0.05, 0.1) is 5.92 Å². The molecule has 0 aliphatic rings. The molecule has 0 fully saturated rings. The number of hydrogen-bond donors (Lipinski definition) is 3. The Bertz CT molecular complexity index is 207. The quantitative estimate of drug-likeness (QED) is 0.507. The number of carbonyl (C=O) groups is 2. The number of hydrogen-bond acceptors (Lipinski definition) is 3. The molecule has 0 bridgehead atoms. The Hall–Kier alpha value is -1.10. The van der Waals surface area contributed by atoms with Gasteiger partial charge >= 0.3 is 5.97 Å². The van der Waals surface area contributed by atoms with Gasteiger partial charge in [-0.25, -0.2) is 0 Å². The van der Waals surface area contributed by atoms with Crippen LogP contribution in [-0.4, -0.2) is 37.1 Å². The fourth-order valence-electron chi connectivity index (χ4n) is 1.34. The molecule has 0 radical (unpaired) electrons. The van der Waals surface area contributed by atoms with Crippen LogP contribution in [0.1, 0.15) is 26.2 Å². The predicted octanol–water partition coefficient (Wildman–Crippen LogP) is 0.213. The van der Waals surface area contributed by atoms with Gasteiger partial charge in [-0.15, -0.1) is 0 Å². The third-order valence-electron chi connectivity index (χ3n) is 2.15. The minimum atomic E-state index is -0.760. The van der Waals surface area contributed by atoms with Crippen molar-refractivity contribution in [2.75, 3.05) is 20.1 Å². The second kappa shape index (κ2) is 8.23. The molecule has 0 rings (SSSR count). The normalized spacial score (nSPS) is 12.1. The average molecular weight is 216 g/mol. The molecule has 0 aliphatic carbocycles. The van der Waals surface area contributed by atoms with Gasteiger partial charge in [-0.3, -0.25) is 9.59 Å². The SMILES string of the molecule is CNCC(CCCCNC(C)=O)C(=O)O. The van der Waals surface area contributed by atoms with E-state index >= 15 is 0 Å². The highest BCUT2D eigenvalue weighted by Crippen LogP contribution is 2.07. The Labute approximate surface area is 90.2 Å². The summed E-state index contributed by atoms with van der Waals surface area (Å²) in [6, 6.07) is 0. The second-order valence-electron chi connectivity index (χ2n) is 3.57. The van der Waals surface area contributed by atoms with Gasteiger partial charge in [0.25, 0.3) is 0 Å². The van der Waals surface area contributed by atoms with Crippen LogP contribution in [0.3, 0.4) is 0 Å². The third kappa shape index (κ3) is 7.93. The van der Waals surface area contributed by atoms with Crippen LogP contribution in [0.2, 0.25) is 0 Å². The van der Waals surface area contributed by atoms with E-state index in [9.17, 15) is 9.59 Å². The van der Waals surface area contributed by atoms with Crippen LogP contribution >= 0.6 is 0 Å². The topological polar surface area (TPSA) is 78.4 Å². The Morgan fingerprint density at radius 3 is 2.47 bits per heavy atom. The highest BCUT2D eigenvalue weighted by molar-refractivity contribution is 5.72. The summed E-state index contributed by atoms with van der Waals surface area (Å²) >= 11 is 0. The first kappa shape index (κ1) is 13.9. The van der Waals surface area contributed by atoms with Crippen molar-refractivity contribution in [1.82, 2.24) is 10.6 Å². The van der Waals surface area contributed by atoms with Gasteiger partial charge in [0, 0.05) is 20.0 Å². The monoisotopic (exact) mass is 216 g/mol. The van der Waals surface area contributed by atoms with Gasteiger partial charge in [-0.1, -0.05) is 6.42 Å². The number of aliphatic carboxylic acids is 1. The van der Waals surface area contributed by atoms with E-state index in [0.717, 1.165) is 12.8 Å². The molecule has 1 atom stereocenters. The summed E-state index contributed by atoms with van der Waals surface area (Å²) in [5, 5.41) is 14.4. The lowest BCUT2D eigenvalue weighted by Crippen LogP contribution is -2.26. The molecule has 0 heterocycles. The molecule has 88 valence electrons. The maximum atomic E-state index is 10.8. The average Bonchev–Trinajstić information content (AvgIpc) is 2.15. The molecule has 0 saturated carbocycles. The van der Waals surface area contributed by atoms with Gasteiger partial charge in [-0.05, 0) is 19.9 Å². The van der Waals surface area contributed by atoms with Crippen molar-refractivity contribution in [3.63, 3.8) is 0 Å². The van der Waals surface area contributed by atoms with Crippen LogP contribution in [0.15, 0.2) is 0 Å². The van der Waals surface area contributed by atoms with Gasteiger partial charge < -0.3 is 15.7 Å². The van der Waals surface area contributed by atoms with E-state index in [1.54, 1.807) is 7.05 Å². The molecule has 5 heteroatoms. The summed E-state index contributed by atoms with van der Waals surface area (Å²) in [5.74, 6) is -1.13. The molecule has 15 heavy (non-hydrogen) atoms. The third-order valence-corrected chi connectivity index (χ3v) is 2.15. The predicted molar refractivity (Wildman–Crippen MR) is 57.6 cm³/mol. The Morgan fingerprint density at radius 1 is 1.33 bits per heavy atom. The van der Waals surface area contributed by atoms with Crippen molar-refractivity contribution in [3.05, 3.63) is 0 Å². The highest BCUT2D eigenvalue weighted by Gasteiger charge is 2.15. The first-order chi connectivity index (χ1) is 7.07. The van der Waals surface area contributed by atoms with Gasteiger partial charge in [0.15, 0.2) is 0 Å². The molecule has 0 spiro atoms. The zero-order valence-electron chi connectivity index (χ0n) is 9.38. The summed E-state index contributed by atoms with van der Waals surface area (Å²) in [7, 11) is 1.74. The first-order valence-corrected chi connectivity index (χ1v) is 5.19. The van der Waals surface area contributed by atoms with Crippen molar-refractivity contribution in [2.24, 2.45) is 5.92 Å². The number of rotatable bonds is 8. The lowest BCUT2D eigenvalue weighted by molar-refractivity contribution is -0.141. The van der Waals surface area contributed by atoms with Crippen LogP contribution < -0.4 is 10.6 Å². The molecular weight excluding hydrogens is 196 g/mol. The van der Waals surface area contributed by atoms with Crippen molar-refractivity contribution in [3.8, 4) is 0 Å². The number of unbranched alkanes of at least 4 members (excludes halogenated alkanes) is 1. The van der Waals surface area contributed by atoms with Crippen molar-refractivity contribution >= 4 is 11.9 Å². The molecule has 0 aromatic heterocycles. The molecular formula is C10H20N2O3. The fourth-order valence-corrected chi connectivity index (χ4v) is 1.34. The molecule has 1 unspecified atom stereocenters. The fraction of sp³-hybridized carbons (Fsp3) is 0.800. The van der Waals surface area contributed by atoms with Crippen molar-refractivity contribution < 1.29 is 14.7 Å². The molecule has 3 N–H and O–H groups in total. The van der Waals surface area contributed by atoms with Crippen molar-refractivity contribution in [2.45, 2.75) is 26.2 Å². The lowest BCUT2D eigenvalue weighted by Gasteiger charge is -2.11. The maximum Gasteiger partial charge on any atom is 0.307 e. The second-order valence-corrected chi connectivity index (χ2v) is 3.57. The smallest absolute Gasteiger partial charge is 0.307 e. The highest BCUT2D eigenvalue weighted by atomic mass is 16.4. The number of nitrogens with one attached hydrogen (secondary N) is 2. The van der Waals surface area contributed by atoms with Crippen LogP contribution in [0.25, 0.3) is 0 Å². The largest absolute Gasteiger partial charge is 0.481 e. The van der Waals surface area contributed by atoms with Gasteiger partial charge in [0.1, 0.15) is 0 Å². The number of carboxylic acid groups (broad SMARTS) is 1. The molecule has 0 aliphatic heterocycles. The first-order valence-electron chi connectivity index (χ1n) is 5.19. The van der Waals surface area contributed by atoms with E-state index < -0.39 is 5.97 Å². The van der Waals surface area contributed by atoms with Crippen molar-refractivity contribution in [1.29, 1.82) is 0 Å². The van der Waals surface area contributed by atoms with Gasteiger partial charge in [-0.2, -0.15) is 0 Å². The molecule has 0 aromatic carbocycles. The van der Waals surface area contributed by atoms with E-state index in [2.05, 4.69) is 10.6 Å². The standard InChI is InChI=1S/C10H20N2O3/c1-8(13)12-6-4-3-5-9(7-11-2)10(14)15/h9,11H,3-7H2,1-2H3,(H,12,13)(H,14,15). The zero-order chi connectivity index (χ0) is 11.7. The van der Waals surface area contributed by atoms with E-state index in [4.69, 9.17) is 5.11 Å². The number of carbonyl (C=O) groups excluding carboxylic acids is 1. The minimum absolute atomic E-state index is 0.0417. The summed E-state index contributed by atoms with van der Waals surface area (Å²) in [4.78, 5) is 21.3. The van der Waals surface area contributed by atoms with Crippen LogP contribution in [0, 0.1) is 5.92 Å². The van der Waals surface area contributed by atoms with E-state index in [0.29, 0.717) is 19.5 Å². The van der Waals surface area contributed by atoms with Crippen LogP contribution in [-0.2, 0) is 9.59 Å². The molecule has 5 nitrogen and oxygen atoms in total. The summed E-state index contributed by atoms with van der Waals surface area (Å²) in [6.45, 7) is 2.59. The number of carboxylic acids is 1. The van der Waals surface area contributed by atoms with E-state index in [1.807, 2.05) is 0 Å². The Balaban J connectivity index is 3.53. The van der Waals surface area contributed by atoms with Crippen LogP contribution in [0.5, 0.6) is 0 Å². The maximum absolute atomic E-state index is 10.8. The number of amides is 1. The Morgan fingerprint density at radius 2 is 2.00 bits per heavy atom.